The first-order chi connectivity index (χ1) is 15.0. The second-order valence-corrected chi connectivity index (χ2v) is 7.54. The molecule has 31 heavy (non-hydrogen) atoms. The van der Waals surface area contributed by atoms with E-state index in [2.05, 4.69) is 26.3 Å². The van der Waals surface area contributed by atoms with Crippen molar-refractivity contribution in [2.75, 3.05) is 45.3 Å². The fourth-order valence-corrected chi connectivity index (χ4v) is 4.12. The van der Waals surface area contributed by atoms with Gasteiger partial charge < -0.3 is 19.3 Å². The number of carbonyl (C=O) groups is 1. The second-order valence-electron chi connectivity index (χ2n) is 7.54. The Labute approximate surface area is 180 Å². The minimum absolute atomic E-state index is 0.0600. The molecule has 0 bridgehead atoms. The average Bonchev–Trinajstić information content (AvgIpc) is 3.21. The lowest BCUT2D eigenvalue weighted by molar-refractivity contribution is -0.126. The Morgan fingerprint density at radius 3 is 2.61 bits per heavy atom. The van der Waals surface area contributed by atoms with Crippen molar-refractivity contribution in [2.45, 2.75) is 19.6 Å². The van der Waals surface area contributed by atoms with Gasteiger partial charge >= 0.3 is 6.01 Å². The zero-order chi connectivity index (χ0) is 22.0. The van der Waals surface area contributed by atoms with E-state index >= 15 is 0 Å². The zero-order valence-electron chi connectivity index (χ0n) is 17.8. The Balaban J connectivity index is 1.56. The molecule has 2 aliphatic heterocycles. The van der Waals surface area contributed by atoms with Crippen molar-refractivity contribution >= 4 is 11.7 Å². The summed E-state index contributed by atoms with van der Waals surface area (Å²) < 4.78 is 25.1. The summed E-state index contributed by atoms with van der Waals surface area (Å²) in [5, 5.41) is 0. The van der Waals surface area contributed by atoms with E-state index in [1.807, 2.05) is 0 Å². The van der Waals surface area contributed by atoms with Gasteiger partial charge in [-0.05, 0) is 18.2 Å². The van der Waals surface area contributed by atoms with Crippen LogP contribution >= 0.6 is 0 Å². The van der Waals surface area contributed by atoms with Gasteiger partial charge in [0, 0.05) is 56.9 Å². The van der Waals surface area contributed by atoms with Crippen molar-refractivity contribution < 1.29 is 18.7 Å². The third-order valence-electron chi connectivity index (χ3n) is 5.73. The van der Waals surface area contributed by atoms with Crippen molar-refractivity contribution in [3.63, 3.8) is 0 Å². The van der Waals surface area contributed by atoms with Crippen molar-refractivity contribution in [1.29, 1.82) is 0 Å². The van der Waals surface area contributed by atoms with E-state index in [1.165, 1.54) is 12.1 Å². The van der Waals surface area contributed by atoms with E-state index in [0.717, 1.165) is 17.1 Å². The summed E-state index contributed by atoms with van der Waals surface area (Å²) in [7, 11) is 3.09. The lowest BCUT2D eigenvalue weighted by atomic mass is 10.1. The number of carbonyl (C=O) groups excluding carboxylic acids is 1. The molecular formula is C22H26FN5O3. The van der Waals surface area contributed by atoms with Crippen LogP contribution in [-0.4, -0.2) is 66.1 Å². The summed E-state index contributed by atoms with van der Waals surface area (Å²) in [6.45, 7) is 7.64. The molecule has 0 spiro atoms. The summed E-state index contributed by atoms with van der Waals surface area (Å²) in [6.07, 6.45) is 1.34. The molecule has 0 N–H and O–H groups in total. The number of hydrogen-bond acceptors (Lipinski definition) is 7. The molecular weight excluding hydrogens is 401 g/mol. The Hall–Kier alpha value is -3.20. The molecule has 0 aliphatic carbocycles. The number of benzene rings is 1. The number of fused-ring (bicyclic) bond motifs is 1. The molecule has 0 saturated carbocycles. The van der Waals surface area contributed by atoms with Gasteiger partial charge in [-0.1, -0.05) is 12.6 Å². The number of methoxy groups -OCH3 is 2. The van der Waals surface area contributed by atoms with Gasteiger partial charge in [-0.2, -0.15) is 9.97 Å². The van der Waals surface area contributed by atoms with Gasteiger partial charge in [-0.25, -0.2) is 4.39 Å². The lowest BCUT2D eigenvalue weighted by Crippen LogP contribution is -2.48. The molecule has 1 saturated heterocycles. The molecule has 1 aromatic heterocycles. The van der Waals surface area contributed by atoms with E-state index in [9.17, 15) is 9.18 Å². The summed E-state index contributed by atoms with van der Waals surface area (Å²) in [5.41, 5.74) is 2.41. The van der Waals surface area contributed by atoms with Crippen LogP contribution in [0.5, 0.6) is 11.8 Å². The van der Waals surface area contributed by atoms with E-state index in [-0.39, 0.29) is 11.7 Å². The molecule has 1 aromatic carbocycles. The van der Waals surface area contributed by atoms with Crippen molar-refractivity contribution in [3.05, 3.63) is 53.5 Å². The van der Waals surface area contributed by atoms with Crippen LogP contribution in [0.4, 0.5) is 10.2 Å². The molecule has 9 heteroatoms. The fourth-order valence-electron chi connectivity index (χ4n) is 4.12. The van der Waals surface area contributed by atoms with Crippen LogP contribution in [0.2, 0.25) is 0 Å². The highest BCUT2D eigenvalue weighted by molar-refractivity contribution is 5.87. The predicted octanol–water partition coefficient (Wildman–Crippen LogP) is 1.98. The fraction of sp³-hybridized carbons (Fsp3) is 0.409. The Morgan fingerprint density at radius 1 is 1.16 bits per heavy atom. The van der Waals surface area contributed by atoms with E-state index in [0.29, 0.717) is 63.1 Å². The molecule has 0 atom stereocenters. The number of halogens is 1. The van der Waals surface area contributed by atoms with E-state index < -0.39 is 0 Å². The zero-order valence-corrected chi connectivity index (χ0v) is 17.8. The topological polar surface area (TPSA) is 71.0 Å². The van der Waals surface area contributed by atoms with Crippen LogP contribution < -0.4 is 14.4 Å². The maximum atomic E-state index is 14.4. The Morgan fingerprint density at radius 2 is 1.94 bits per heavy atom. The number of ether oxygens (including phenoxy) is 2. The first kappa shape index (κ1) is 21.0. The maximum absolute atomic E-state index is 14.4. The lowest BCUT2D eigenvalue weighted by Gasteiger charge is -2.35. The van der Waals surface area contributed by atoms with Crippen molar-refractivity contribution in [2.24, 2.45) is 0 Å². The summed E-state index contributed by atoms with van der Waals surface area (Å²) in [4.78, 5) is 27.1. The standard InChI is InChI=1S/C22H26FN5O3/c1-4-20(29)27-8-10-28(11-9-27)21-16-13-26(14-18(16)24-22(25-21)31-3)12-15-17(23)6-5-7-19(15)30-2/h4-7H,1,8-14H2,2-3H3. The third kappa shape index (κ3) is 4.18. The molecule has 2 aliphatic rings. The predicted molar refractivity (Wildman–Crippen MR) is 113 cm³/mol. The molecule has 2 aromatic rings. The van der Waals surface area contributed by atoms with Crippen LogP contribution in [0.25, 0.3) is 0 Å². The van der Waals surface area contributed by atoms with Crippen molar-refractivity contribution in [1.82, 2.24) is 19.8 Å². The quantitative estimate of drug-likeness (QED) is 0.653. The highest BCUT2D eigenvalue weighted by Crippen LogP contribution is 2.34. The molecule has 164 valence electrons. The molecule has 0 radical (unpaired) electrons. The minimum atomic E-state index is -0.290. The molecule has 1 fully saturated rings. The normalized spacial score (nSPS) is 16.2. The largest absolute Gasteiger partial charge is 0.496 e. The van der Waals surface area contributed by atoms with Crippen LogP contribution in [0, 0.1) is 5.82 Å². The minimum Gasteiger partial charge on any atom is -0.496 e. The van der Waals surface area contributed by atoms with Crippen LogP contribution in [0.1, 0.15) is 16.8 Å². The van der Waals surface area contributed by atoms with Gasteiger partial charge in [-0.3, -0.25) is 9.69 Å². The Bertz CT molecular complexity index is 991. The van der Waals surface area contributed by atoms with Gasteiger partial charge in [0.25, 0.3) is 0 Å². The first-order valence-corrected chi connectivity index (χ1v) is 10.2. The number of anilines is 1. The van der Waals surface area contributed by atoms with E-state index in [1.54, 1.807) is 31.3 Å². The smallest absolute Gasteiger partial charge is 0.318 e. The van der Waals surface area contributed by atoms with Gasteiger partial charge in [-0.15, -0.1) is 0 Å². The Kier molecular flexibility index (Phi) is 6.03. The number of amides is 1. The number of hydrogen-bond donors (Lipinski definition) is 0. The van der Waals surface area contributed by atoms with Gasteiger partial charge in [0.2, 0.25) is 5.91 Å². The molecule has 0 unspecified atom stereocenters. The number of rotatable bonds is 6. The van der Waals surface area contributed by atoms with Crippen LogP contribution in [-0.2, 0) is 24.4 Å². The summed E-state index contributed by atoms with van der Waals surface area (Å²) in [5.74, 6) is 0.996. The van der Waals surface area contributed by atoms with Gasteiger partial charge in [0.1, 0.15) is 17.4 Å². The number of piperazine rings is 1. The molecule has 4 rings (SSSR count). The van der Waals surface area contributed by atoms with Gasteiger partial charge in [0.05, 0.1) is 19.9 Å². The van der Waals surface area contributed by atoms with E-state index in [4.69, 9.17) is 9.47 Å². The molecule has 8 nitrogen and oxygen atoms in total. The summed E-state index contributed by atoms with van der Waals surface area (Å²) >= 11 is 0. The summed E-state index contributed by atoms with van der Waals surface area (Å²) in [6, 6.07) is 5.16. The maximum Gasteiger partial charge on any atom is 0.318 e. The SMILES string of the molecule is C=CC(=O)N1CCN(c2nc(OC)nc3c2CN(Cc2c(F)cccc2OC)C3)CC1. The molecule has 1 amide bonds. The third-order valence-corrected chi connectivity index (χ3v) is 5.73. The highest BCUT2D eigenvalue weighted by Gasteiger charge is 2.30. The number of nitrogens with zero attached hydrogens (tertiary/aromatic N) is 5. The van der Waals surface area contributed by atoms with Crippen LogP contribution in [0.15, 0.2) is 30.9 Å². The average molecular weight is 427 g/mol. The highest BCUT2D eigenvalue weighted by atomic mass is 19.1. The van der Waals surface area contributed by atoms with Gasteiger partial charge in [0.15, 0.2) is 0 Å². The molecule has 3 heterocycles. The first-order valence-electron chi connectivity index (χ1n) is 10.2. The second kappa shape index (κ2) is 8.89. The monoisotopic (exact) mass is 427 g/mol. The number of aromatic nitrogens is 2. The van der Waals surface area contributed by atoms with Crippen molar-refractivity contribution in [3.8, 4) is 11.8 Å². The van der Waals surface area contributed by atoms with Crippen LogP contribution in [0.3, 0.4) is 0 Å².